The Bertz CT molecular complexity index is 794. The molecule has 5 heteroatoms. The normalized spacial score (nSPS) is 11.4. The lowest BCUT2D eigenvalue weighted by Crippen LogP contribution is -2.32. The SMILES string of the molecule is CC(C)(C(=O)Cn1cnc(-c2ccccn2)n1)c1ccccc1. The number of Topliss-reactive ketones (excluding diaryl/α,β-unsaturated/α-hetero) is 1. The molecule has 5 nitrogen and oxygen atoms in total. The fourth-order valence-electron chi connectivity index (χ4n) is 2.34. The summed E-state index contributed by atoms with van der Waals surface area (Å²) in [5, 5.41) is 4.35. The van der Waals surface area contributed by atoms with Crippen molar-refractivity contribution >= 4 is 5.78 Å². The van der Waals surface area contributed by atoms with Crippen LogP contribution in [-0.2, 0) is 16.8 Å². The van der Waals surface area contributed by atoms with Crippen molar-refractivity contribution in [1.29, 1.82) is 0 Å². The summed E-state index contributed by atoms with van der Waals surface area (Å²) in [7, 11) is 0. The Balaban J connectivity index is 1.77. The van der Waals surface area contributed by atoms with Gasteiger partial charge < -0.3 is 0 Å². The molecule has 0 spiro atoms. The third kappa shape index (κ3) is 3.18. The number of benzene rings is 1. The molecule has 0 aliphatic rings. The van der Waals surface area contributed by atoms with Crippen LogP contribution in [-0.4, -0.2) is 25.5 Å². The van der Waals surface area contributed by atoms with Crippen molar-refractivity contribution < 1.29 is 4.79 Å². The van der Waals surface area contributed by atoms with E-state index in [0.29, 0.717) is 11.5 Å². The largest absolute Gasteiger partial charge is 0.297 e. The Labute approximate surface area is 135 Å². The van der Waals surface area contributed by atoms with E-state index in [1.807, 2.05) is 62.4 Å². The topological polar surface area (TPSA) is 60.7 Å². The van der Waals surface area contributed by atoms with Gasteiger partial charge in [-0.05, 0) is 31.5 Å². The van der Waals surface area contributed by atoms with Crippen LogP contribution in [0.3, 0.4) is 0 Å². The molecule has 1 aromatic carbocycles. The quantitative estimate of drug-likeness (QED) is 0.727. The first-order valence-corrected chi connectivity index (χ1v) is 7.47. The van der Waals surface area contributed by atoms with Crippen molar-refractivity contribution in [2.24, 2.45) is 0 Å². The Morgan fingerprint density at radius 1 is 1.04 bits per heavy atom. The van der Waals surface area contributed by atoms with Gasteiger partial charge in [0, 0.05) is 6.20 Å². The Kier molecular flexibility index (Phi) is 4.02. The van der Waals surface area contributed by atoms with Gasteiger partial charge in [-0.2, -0.15) is 0 Å². The number of carbonyl (C=O) groups is 1. The van der Waals surface area contributed by atoms with E-state index in [0.717, 1.165) is 5.56 Å². The first-order chi connectivity index (χ1) is 11.1. The molecule has 0 fully saturated rings. The summed E-state index contributed by atoms with van der Waals surface area (Å²) in [5.74, 6) is 0.608. The van der Waals surface area contributed by atoms with Crippen LogP contribution < -0.4 is 0 Å². The third-order valence-electron chi connectivity index (χ3n) is 3.93. The number of ketones is 1. The molecule has 0 saturated carbocycles. The minimum atomic E-state index is -0.571. The van der Waals surface area contributed by atoms with Crippen molar-refractivity contribution in [3.8, 4) is 11.5 Å². The Hall–Kier alpha value is -2.82. The number of pyridine rings is 1. The number of carbonyl (C=O) groups excluding carboxylic acids is 1. The molecule has 0 aliphatic carbocycles. The maximum absolute atomic E-state index is 12.7. The third-order valence-corrected chi connectivity index (χ3v) is 3.93. The molecule has 2 heterocycles. The highest BCUT2D eigenvalue weighted by atomic mass is 16.1. The van der Waals surface area contributed by atoms with Crippen molar-refractivity contribution in [2.45, 2.75) is 25.8 Å². The van der Waals surface area contributed by atoms with E-state index < -0.39 is 5.41 Å². The van der Waals surface area contributed by atoms with Gasteiger partial charge in [-0.3, -0.25) is 9.78 Å². The van der Waals surface area contributed by atoms with Crippen LogP contribution in [0.2, 0.25) is 0 Å². The molecule has 3 aromatic rings. The molecular weight excluding hydrogens is 288 g/mol. The maximum Gasteiger partial charge on any atom is 0.199 e. The van der Waals surface area contributed by atoms with Gasteiger partial charge in [-0.15, -0.1) is 5.10 Å². The summed E-state index contributed by atoms with van der Waals surface area (Å²) in [5.41, 5.74) is 1.12. The zero-order valence-electron chi connectivity index (χ0n) is 13.2. The summed E-state index contributed by atoms with van der Waals surface area (Å²) in [4.78, 5) is 21.1. The molecule has 0 N–H and O–H groups in total. The van der Waals surface area contributed by atoms with E-state index >= 15 is 0 Å². The van der Waals surface area contributed by atoms with Crippen molar-refractivity contribution in [3.63, 3.8) is 0 Å². The first kappa shape index (κ1) is 15.1. The second-order valence-corrected chi connectivity index (χ2v) is 5.89. The van der Waals surface area contributed by atoms with E-state index in [4.69, 9.17) is 0 Å². The number of hydrogen-bond acceptors (Lipinski definition) is 4. The molecule has 0 radical (unpaired) electrons. The standard InChI is InChI=1S/C18H18N4O/c1-18(2,14-8-4-3-5-9-14)16(23)12-22-13-20-17(21-22)15-10-6-7-11-19-15/h3-11,13H,12H2,1-2H3. The fourth-order valence-corrected chi connectivity index (χ4v) is 2.34. The fraction of sp³-hybridized carbons (Fsp3) is 0.222. The van der Waals surface area contributed by atoms with Crippen LogP contribution >= 0.6 is 0 Å². The lowest BCUT2D eigenvalue weighted by Gasteiger charge is -2.23. The van der Waals surface area contributed by atoms with Crippen LogP contribution in [0.15, 0.2) is 61.1 Å². The highest BCUT2D eigenvalue weighted by Gasteiger charge is 2.29. The van der Waals surface area contributed by atoms with E-state index in [1.54, 1.807) is 17.2 Å². The summed E-state index contributed by atoms with van der Waals surface area (Å²) < 4.78 is 1.57. The average molecular weight is 306 g/mol. The number of aromatic nitrogens is 4. The van der Waals surface area contributed by atoms with Crippen LogP contribution in [0, 0.1) is 0 Å². The molecule has 0 saturated heterocycles. The zero-order valence-corrected chi connectivity index (χ0v) is 13.2. The van der Waals surface area contributed by atoms with E-state index in [1.165, 1.54) is 0 Å². The van der Waals surface area contributed by atoms with Gasteiger partial charge in [0.2, 0.25) is 0 Å². The lowest BCUT2D eigenvalue weighted by molar-refractivity contribution is -0.124. The molecule has 0 unspecified atom stereocenters. The van der Waals surface area contributed by atoms with Crippen LogP contribution in [0.4, 0.5) is 0 Å². The molecule has 0 atom stereocenters. The van der Waals surface area contributed by atoms with Gasteiger partial charge in [0.25, 0.3) is 0 Å². The molecule has 0 amide bonds. The highest BCUT2D eigenvalue weighted by Crippen LogP contribution is 2.24. The van der Waals surface area contributed by atoms with Crippen molar-refractivity contribution in [2.75, 3.05) is 0 Å². The summed E-state index contributed by atoms with van der Waals surface area (Å²) >= 11 is 0. The van der Waals surface area contributed by atoms with Crippen LogP contribution in [0.1, 0.15) is 19.4 Å². The minimum absolute atomic E-state index is 0.0844. The van der Waals surface area contributed by atoms with Gasteiger partial charge in [-0.25, -0.2) is 9.67 Å². The molecular formula is C18H18N4O. The minimum Gasteiger partial charge on any atom is -0.297 e. The van der Waals surface area contributed by atoms with Crippen LogP contribution in [0.25, 0.3) is 11.5 Å². The van der Waals surface area contributed by atoms with Gasteiger partial charge in [0.1, 0.15) is 18.6 Å². The van der Waals surface area contributed by atoms with Gasteiger partial charge in [-0.1, -0.05) is 36.4 Å². The summed E-state index contributed by atoms with van der Waals surface area (Å²) in [6.07, 6.45) is 3.27. The molecule has 0 bridgehead atoms. The first-order valence-electron chi connectivity index (χ1n) is 7.47. The van der Waals surface area contributed by atoms with E-state index in [2.05, 4.69) is 15.1 Å². The Morgan fingerprint density at radius 3 is 2.48 bits per heavy atom. The van der Waals surface area contributed by atoms with Gasteiger partial charge in [0.05, 0.1) is 5.41 Å². The van der Waals surface area contributed by atoms with E-state index in [-0.39, 0.29) is 12.3 Å². The summed E-state index contributed by atoms with van der Waals surface area (Å²) in [6, 6.07) is 15.3. The van der Waals surface area contributed by atoms with Crippen molar-refractivity contribution in [3.05, 3.63) is 66.6 Å². The van der Waals surface area contributed by atoms with Gasteiger partial charge >= 0.3 is 0 Å². The summed E-state index contributed by atoms with van der Waals surface area (Å²) in [6.45, 7) is 4.05. The number of nitrogens with zero attached hydrogens (tertiary/aromatic N) is 4. The monoisotopic (exact) mass is 306 g/mol. The smallest absolute Gasteiger partial charge is 0.199 e. The molecule has 3 rings (SSSR count). The molecule has 2 aromatic heterocycles. The average Bonchev–Trinajstić information content (AvgIpc) is 3.05. The molecule has 0 aliphatic heterocycles. The van der Waals surface area contributed by atoms with Crippen LogP contribution in [0.5, 0.6) is 0 Å². The lowest BCUT2D eigenvalue weighted by atomic mass is 9.80. The molecule has 23 heavy (non-hydrogen) atoms. The van der Waals surface area contributed by atoms with E-state index in [9.17, 15) is 4.79 Å². The Morgan fingerprint density at radius 2 is 1.78 bits per heavy atom. The predicted molar refractivity (Wildman–Crippen MR) is 87.7 cm³/mol. The maximum atomic E-state index is 12.7. The highest BCUT2D eigenvalue weighted by molar-refractivity contribution is 5.89. The second kappa shape index (κ2) is 6.12. The number of rotatable bonds is 5. The molecule has 116 valence electrons. The van der Waals surface area contributed by atoms with Crippen molar-refractivity contribution in [1.82, 2.24) is 19.7 Å². The van der Waals surface area contributed by atoms with Gasteiger partial charge in [0.15, 0.2) is 11.6 Å². The zero-order chi connectivity index (χ0) is 16.3. The second-order valence-electron chi connectivity index (χ2n) is 5.89. The predicted octanol–water partition coefficient (Wildman–Crippen LogP) is 2.89. The number of hydrogen-bond donors (Lipinski definition) is 0.